The van der Waals surface area contributed by atoms with Crippen molar-refractivity contribution in [3.05, 3.63) is 0 Å². The summed E-state index contributed by atoms with van der Waals surface area (Å²) < 4.78 is 31.1. The van der Waals surface area contributed by atoms with Gasteiger partial charge in [0.25, 0.3) is 5.79 Å². The van der Waals surface area contributed by atoms with Crippen LogP contribution in [0, 0.1) is 0 Å². The molecule has 0 aromatic rings. The molecule has 0 aromatic heterocycles. The Balaban J connectivity index is 2.22. The maximum Gasteiger partial charge on any atom is 0.470 e. The maximum atomic E-state index is 12.0. The molecule has 198 valence electrons. The number of hydrogen-bond donors (Lipinski definition) is 10. The quantitative estimate of drug-likeness (QED) is 0.127. The van der Waals surface area contributed by atoms with Gasteiger partial charge in [0, 0.05) is 13.3 Å². The SMILES string of the molecule is CC(=O)N[C@@H]1[C@@H](O)[C@H](O)[C@@H](CO[C@@]2(C(=O)O)C[C@@H](O)[C@@H](OP(=O)(O)O)[C@@H]([C@H](O)CO)O2)O[C@H]1O. The van der Waals surface area contributed by atoms with E-state index in [9.17, 15) is 49.9 Å². The van der Waals surface area contributed by atoms with E-state index in [0.29, 0.717) is 0 Å². The standard InChI is InChI=1S/C16H28NO16P/c1-5(19)17-9-11(23)10(22)8(31-14(9)24)4-30-16(15(25)26)2-6(20)13(33-34(27,28)29)12(32-16)7(21)3-18/h6-14,18,20-24H,2-4H2,1H3,(H,17,19)(H,25,26)(H2,27,28,29)/t6-,7-,8-,9-,10-,11-,12-,13-,14-,16+/m1/s1. The van der Waals surface area contributed by atoms with Crippen LogP contribution in [0.2, 0.25) is 0 Å². The van der Waals surface area contributed by atoms with Gasteiger partial charge in [-0.05, 0) is 0 Å². The molecule has 2 fully saturated rings. The van der Waals surface area contributed by atoms with Crippen molar-refractivity contribution in [2.45, 2.75) is 74.2 Å². The summed E-state index contributed by atoms with van der Waals surface area (Å²) in [5.74, 6) is -5.33. The number of carboxylic acids is 1. The Morgan fingerprint density at radius 2 is 1.82 bits per heavy atom. The average Bonchev–Trinajstić information content (AvgIpc) is 2.72. The number of amides is 1. The molecule has 10 atom stereocenters. The zero-order chi connectivity index (χ0) is 26.0. The van der Waals surface area contributed by atoms with E-state index < -0.39 is 100 Å². The number of carboxylic acid groups (broad SMARTS) is 1. The minimum absolute atomic E-state index is 0.649. The second-order valence-corrected chi connectivity index (χ2v) is 9.00. The molecule has 0 radical (unpaired) electrons. The van der Waals surface area contributed by atoms with E-state index >= 15 is 0 Å². The number of carbonyl (C=O) groups excluding carboxylic acids is 1. The van der Waals surface area contributed by atoms with Crippen molar-refractivity contribution in [1.29, 1.82) is 0 Å². The molecule has 0 unspecified atom stereocenters. The highest BCUT2D eigenvalue weighted by Gasteiger charge is 2.57. The van der Waals surface area contributed by atoms with E-state index in [4.69, 9.17) is 24.0 Å². The minimum Gasteiger partial charge on any atom is -0.477 e. The van der Waals surface area contributed by atoms with Gasteiger partial charge < -0.3 is 65.1 Å². The zero-order valence-corrected chi connectivity index (χ0v) is 18.5. The summed E-state index contributed by atoms with van der Waals surface area (Å²) in [6.45, 7) is -0.876. The lowest BCUT2D eigenvalue weighted by molar-refractivity contribution is -0.335. The highest BCUT2D eigenvalue weighted by Crippen LogP contribution is 2.44. The summed E-state index contributed by atoms with van der Waals surface area (Å²) in [6.07, 6.45) is -15.9. The molecule has 0 spiro atoms. The molecule has 2 aliphatic heterocycles. The van der Waals surface area contributed by atoms with Crippen LogP contribution in [0.5, 0.6) is 0 Å². The van der Waals surface area contributed by atoms with Gasteiger partial charge in [-0.25, -0.2) is 9.36 Å². The summed E-state index contributed by atoms with van der Waals surface area (Å²) in [5.41, 5.74) is 0. The second-order valence-electron chi connectivity index (χ2n) is 7.81. The molecule has 34 heavy (non-hydrogen) atoms. The number of nitrogens with one attached hydrogen (secondary N) is 1. The summed E-state index contributed by atoms with van der Waals surface area (Å²) >= 11 is 0. The first kappa shape index (κ1) is 28.9. The van der Waals surface area contributed by atoms with Crippen LogP contribution in [0.25, 0.3) is 0 Å². The molecule has 2 aliphatic rings. The zero-order valence-electron chi connectivity index (χ0n) is 17.6. The van der Waals surface area contributed by atoms with Crippen LogP contribution < -0.4 is 5.32 Å². The van der Waals surface area contributed by atoms with E-state index in [1.807, 2.05) is 0 Å². The van der Waals surface area contributed by atoms with Crippen molar-refractivity contribution in [3.8, 4) is 0 Å². The van der Waals surface area contributed by atoms with Crippen molar-refractivity contribution in [3.63, 3.8) is 0 Å². The number of aliphatic hydroxyl groups excluding tert-OH is 6. The Morgan fingerprint density at radius 3 is 2.32 bits per heavy atom. The molecule has 0 aliphatic carbocycles. The van der Waals surface area contributed by atoms with E-state index in [1.165, 1.54) is 0 Å². The number of carbonyl (C=O) groups is 2. The number of rotatable bonds is 9. The lowest BCUT2D eigenvalue weighted by atomic mass is 9.92. The molecule has 18 heteroatoms. The Morgan fingerprint density at radius 1 is 1.21 bits per heavy atom. The Hall–Kier alpha value is -1.31. The van der Waals surface area contributed by atoms with E-state index in [-0.39, 0.29) is 0 Å². The van der Waals surface area contributed by atoms with Crippen LogP contribution in [0.4, 0.5) is 0 Å². The van der Waals surface area contributed by atoms with Gasteiger partial charge in [0.15, 0.2) is 6.29 Å². The molecule has 0 bridgehead atoms. The topological polar surface area (TPSA) is 282 Å². The van der Waals surface area contributed by atoms with Gasteiger partial charge in [-0.2, -0.15) is 0 Å². The smallest absolute Gasteiger partial charge is 0.470 e. The van der Waals surface area contributed by atoms with Crippen LogP contribution in [-0.2, 0) is 32.9 Å². The predicted molar refractivity (Wildman–Crippen MR) is 102 cm³/mol. The number of aliphatic hydroxyl groups is 6. The minimum atomic E-state index is -5.26. The third-order valence-electron chi connectivity index (χ3n) is 5.23. The van der Waals surface area contributed by atoms with Gasteiger partial charge >= 0.3 is 13.8 Å². The van der Waals surface area contributed by atoms with Gasteiger partial charge in [0.2, 0.25) is 5.91 Å². The number of hydrogen-bond acceptors (Lipinski definition) is 13. The second kappa shape index (κ2) is 11.2. The van der Waals surface area contributed by atoms with Crippen molar-refractivity contribution in [1.82, 2.24) is 5.32 Å². The first-order valence-electron chi connectivity index (χ1n) is 9.84. The largest absolute Gasteiger partial charge is 0.477 e. The van der Waals surface area contributed by atoms with Gasteiger partial charge in [-0.3, -0.25) is 9.32 Å². The molecule has 0 saturated carbocycles. The summed E-state index contributed by atoms with van der Waals surface area (Å²) in [7, 11) is -5.26. The molecule has 10 N–H and O–H groups in total. The molecule has 2 saturated heterocycles. The van der Waals surface area contributed by atoms with Gasteiger partial charge in [-0.1, -0.05) is 0 Å². The Labute approximate surface area is 191 Å². The highest BCUT2D eigenvalue weighted by molar-refractivity contribution is 7.46. The third-order valence-corrected chi connectivity index (χ3v) is 5.75. The van der Waals surface area contributed by atoms with Crippen LogP contribution in [-0.4, -0.2) is 131 Å². The normalized spacial score (nSPS) is 39.9. The number of phosphoric acid groups is 1. The van der Waals surface area contributed by atoms with Gasteiger partial charge in [-0.15, -0.1) is 0 Å². The van der Waals surface area contributed by atoms with Gasteiger partial charge in [0.1, 0.15) is 42.7 Å². The molecule has 2 heterocycles. The monoisotopic (exact) mass is 521 g/mol. The fraction of sp³-hybridized carbons (Fsp3) is 0.875. The summed E-state index contributed by atoms with van der Waals surface area (Å²) in [5, 5.41) is 71.8. The first-order chi connectivity index (χ1) is 15.6. The number of ether oxygens (including phenoxy) is 3. The lowest BCUT2D eigenvalue weighted by Crippen LogP contribution is -2.66. The van der Waals surface area contributed by atoms with E-state index in [2.05, 4.69) is 9.84 Å². The number of aliphatic carboxylic acids is 1. The molecule has 1 amide bonds. The van der Waals surface area contributed by atoms with Gasteiger partial charge in [0.05, 0.1) is 19.3 Å². The molecule has 17 nitrogen and oxygen atoms in total. The fourth-order valence-corrected chi connectivity index (χ4v) is 4.20. The third kappa shape index (κ3) is 6.67. The van der Waals surface area contributed by atoms with E-state index in [0.717, 1.165) is 6.92 Å². The molecule has 0 aromatic carbocycles. The predicted octanol–water partition coefficient (Wildman–Crippen LogP) is -5.29. The van der Waals surface area contributed by atoms with Crippen LogP contribution >= 0.6 is 7.82 Å². The fourth-order valence-electron chi connectivity index (χ4n) is 3.62. The number of phosphoric ester groups is 1. The van der Waals surface area contributed by atoms with Crippen molar-refractivity contribution >= 4 is 19.7 Å². The van der Waals surface area contributed by atoms with Crippen molar-refractivity contribution in [2.24, 2.45) is 0 Å². The molecule has 2 rings (SSSR count). The van der Waals surface area contributed by atoms with Crippen molar-refractivity contribution in [2.75, 3.05) is 13.2 Å². The van der Waals surface area contributed by atoms with Crippen molar-refractivity contribution < 1.29 is 78.4 Å². The lowest BCUT2D eigenvalue weighted by Gasteiger charge is -2.46. The van der Waals surface area contributed by atoms with Crippen LogP contribution in [0.15, 0.2) is 0 Å². The Kier molecular flexibility index (Phi) is 9.50. The average molecular weight is 521 g/mol. The molecular formula is C16H28NO16P. The summed E-state index contributed by atoms with van der Waals surface area (Å²) in [4.78, 5) is 41.3. The summed E-state index contributed by atoms with van der Waals surface area (Å²) in [6, 6.07) is -1.42. The highest BCUT2D eigenvalue weighted by atomic mass is 31.2. The van der Waals surface area contributed by atoms with E-state index in [1.54, 1.807) is 0 Å². The first-order valence-corrected chi connectivity index (χ1v) is 11.4. The van der Waals surface area contributed by atoms with Crippen LogP contribution in [0.3, 0.4) is 0 Å². The Bertz CT molecular complexity index is 778. The molecular weight excluding hydrogens is 493 g/mol. The van der Waals surface area contributed by atoms with Crippen LogP contribution in [0.1, 0.15) is 13.3 Å². The maximum absolute atomic E-state index is 12.0.